The van der Waals surface area contributed by atoms with Gasteiger partial charge in [-0.25, -0.2) is 14.3 Å². The van der Waals surface area contributed by atoms with Gasteiger partial charge in [0.2, 0.25) is 5.91 Å². The number of amides is 1. The Morgan fingerprint density at radius 3 is 3.09 bits per heavy atom. The van der Waals surface area contributed by atoms with Crippen LogP contribution in [0, 0.1) is 0 Å². The highest BCUT2D eigenvalue weighted by molar-refractivity contribution is 5.80. The number of rotatable bonds is 5. The predicted octanol–water partition coefficient (Wildman–Crippen LogP) is -0.881. The van der Waals surface area contributed by atoms with Gasteiger partial charge >= 0.3 is 0 Å². The van der Waals surface area contributed by atoms with Gasteiger partial charge < -0.3 is 10.1 Å². The molecule has 1 saturated heterocycles. The van der Waals surface area contributed by atoms with Crippen LogP contribution in [-0.2, 0) is 16.1 Å². The minimum absolute atomic E-state index is 0.141. The Labute approximate surface area is 125 Å². The Bertz CT molecular complexity index is 690. The summed E-state index contributed by atoms with van der Waals surface area (Å²) in [5, 5.41) is 10.9. The van der Waals surface area contributed by atoms with Crippen molar-refractivity contribution in [1.82, 2.24) is 29.9 Å². The fraction of sp³-hybridized carbons (Fsp3) is 0.462. The minimum atomic E-state index is -0.369. The number of nitrogens with one attached hydrogen (secondary N) is 1. The van der Waals surface area contributed by atoms with E-state index in [1.165, 1.54) is 28.1 Å². The van der Waals surface area contributed by atoms with Crippen LogP contribution in [0.3, 0.4) is 0 Å². The number of ether oxygens (including phenoxy) is 1. The molecule has 1 amide bonds. The van der Waals surface area contributed by atoms with Crippen LogP contribution in [0.15, 0.2) is 29.6 Å². The highest BCUT2D eigenvalue weighted by Gasteiger charge is 2.22. The second-order valence-corrected chi connectivity index (χ2v) is 4.89. The lowest BCUT2D eigenvalue weighted by Crippen LogP contribution is -2.37. The molecule has 3 heterocycles. The van der Waals surface area contributed by atoms with Gasteiger partial charge in [0.15, 0.2) is 5.82 Å². The third-order valence-corrected chi connectivity index (χ3v) is 3.35. The number of carbonyl (C=O) groups excluding carboxylic acids is 1. The molecule has 0 radical (unpaired) electrons. The van der Waals surface area contributed by atoms with Gasteiger partial charge in [-0.15, -0.1) is 5.10 Å². The van der Waals surface area contributed by atoms with E-state index in [-0.39, 0.29) is 24.1 Å². The maximum absolute atomic E-state index is 11.8. The van der Waals surface area contributed by atoms with Crippen LogP contribution in [-0.4, -0.2) is 49.7 Å². The molecule has 0 aromatic carbocycles. The van der Waals surface area contributed by atoms with Crippen molar-refractivity contribution in [2.24, 2.45) is 0 Å². The third kappa shape index (κ3) is 3.19. The van der Waals surface area contributed by atoms with Crippen LogP contribution in [0.25, 0.3) is 5.82 Å². The van der Waals surface area contributed by atoms with Crippen LogP contribution < -0.4 is 10.9 Å². The van der Waals surface area contributed by atoms with Crippen molar-refractivity contribution in [2.75, 3.05) is 13.2 Å². The fourth-order valence-corrected chi connectivity index (χ4v) is 2.23. The summed E-state index contributed by atoms with van der Waals surface area (Å²) in [6.07, 6.45) is 4.16. The highest BCUT2D eigenvalue weighted by atomic mass is 16.5. The van der Waals surface area contributed by atoms with Gasteiger partial charge in [0, 0.05) is 19.2 Å². The Hall–Kier alpha value is -2.55. The standard InChI is InChI=1S/C13H16N6O3/c20-12-4-3-11(19-9-14-8-16-19)17-18(12)6-5-15-13(21)10-2-1-7-22-10/h3-4,8-10H,1-2,5-7H2,(H,15,21). The summed E-state index contributed by atoms with van der Waals surface area (Å²) in [5.41, 5.74) is -0.241. The van der Waals surface area contributed by atoms with Gasteiger partial charge in [0.05, 0.1) is 6.54 Å². The van der Waals surface area contributed by atoms with Crippen molar-refractivity contribution in [1.29, 1.82) is 0 Å². The van der Waals surface area contributed by atoms with Gasteiger partial charge in [-0.3, -0.25) is 9.59 Å². The second-order valence-electron chi connectivity index (χ2n) is 4.89. The Morgan fingerprint density at radius 2 is 2.36 bits per heavy atom. The summed E-state index contributed by atoms with van der Waals surface area (Å²) >= 11 is 0. The summed E-state index contributed by atoms with van der Waals surface area (Å²) in [4.78, 5) is 27.4. The van der Waals surface area contributed by atoms with Crippen molar-refractivity contribution >= 4 is 5.91 Å². The van der Waals surface area contributed by atoms with E-state index in [4.69, 9.17) is 4.74 Å². The van der Waals surface area contributed by atoms with Crippen molar-refractivity contribution in [3.8, 4) is 5.82 Å². The molecule has 1 N–H and O–H groups in total. The molecule has 0 spiro atoms. The zero-order valence-electron chi connectivity index (χ0n) is 11.9. The van der Waals surface area contributed by atoms with Crippen molar-refractivity contribution in [2.45, 2.75) is 25.5 Å². The first-order chi connectivity index (χ1) is 10.7. The lowest BCUT2D eigenvalue weighted by Gasteiger charge is -2.11. The predicted molar refractivity (Wildman–Crippen MR) is 75.4 cm³/mol. The lowest BCUT2D eigenvalue weighted by molar-refractivity contribution is -0.130. The van der Waals surface area contributed by atoms with Crippen LogP contribution in [0.2, 0.25) is 0 Å². The zero-order valence-corrected chi connectivity index (χ0v) is 11.9. The van der Waals surface area contributed by atoms with Gasteiger partial charge in [0.1, 0.15) is 18.8 Å². The number of aromatic nitrogens is 5. The quantitative estimate of drug-likeness (QED) is 0.769. The summed E-state index contributed by atoms with van der Waals surface area (Å²) in [6, 6.07) is 2.98. The van der Waals surface area contributed by atoms with E-state index in [9.17, 15) is 9.59 Å². The van der Waals surface area contributed by atoms with Gasteiger partial charge in [-0.05, 0) is 18.9 Å². The summed E-state index contributed by atoms with van der Waals surface area (Å²) < 4.78 is 8.04. The molecule has 116 valence electrons. The summed E-state index contributed by atoms with van der Waals surface area (Å²) in [7, 11) is 0. The van der Waals surface area contributed by atoms with E-state index in [0.29, 0.717) is 19.0 Å². The van der Waals surface area contributed by atoms with E-state index in [1.807, 2.05) is 0 Å². The molecular formula is C13H16N6O3. The fourth-order valence-electron chi connectivity index (χ4n) is 2.23. The van der Waals surface area contributed by atoms with E-state index in [0.717, 1.165) is 12.8 Å². The average Bonchev–Trinajstić information content (AvgIpc) is 3.22. The summed E-state index contributed by atoms with van der Waals surface area (Å²) in [5.74, 6) is 0.348. The number of hydrogen-bond donors (Lipinski definition) is 1. The molecule has 1 unspecified atom stereocenters. The van der Waals surface area contributed by atoms with Gasteiger partial charge in [0.25, 0.3) is 5.56 Å². The van der Waals surface area contributed by atoms with Crippen LogP contribution in [0.1, 0.15) is 12.8 Å². The Balaban J connectivity index is 1.61. The molecule has 22 heavy (non-hydrogen) atoms. The molecule has 3 rings (SSSR count). The molecular weight excluding hydrogens is 288 g/mol. The number of nitrogens with zero attached hydrogens (tertiary/aromatic N) is 5. The lowest BCUT2D eigenvalue weighted by atomic mass is 10.2. The van der Waals surface area contributed by atoms with Crippen LogP contribution in [0.5, 0.6) is 0 Å². The molecule has 1 aliphatic rings. The SMILES string of the molecule is O=C(NCCn1nc(-n2cncn2)ccc1=O)C1CCCO1. The number of hydrogen-bond acceptors (Lipinski definition) is 6. The van der Waals surface area contributed by atoms with Crippen molar-refractivity contribution in [3.63, 3.8) is 0 Å². The molecule has 0 aliphatic carbocycles. The molecule has 1 fully saturated rings. The molecule has 2 aromatic heterocycles. The largest absolute Gasteiger partial charge is 0.368 e. The average molecular weight is 304 g/mol. The smallest absolute Gasteiger partial charge is 0.266 e. The molecule has 0 saturated carbocycles. The zero-order chi connectivity index (χ0) is 15.4. The van der Waals surface area contributed by atoms with E-state index < -0.39 is 0 Å². The molecule has 1 atom stereocenters. The minimum Gasteiger partial charge on any atom is -0.368 e. The van der Waals surface area contributed by atoms with Crippen LogP contribution in [0.4, 0.5) is 0 Å². The number of carbonyl (C=O) groups is 1. The Kier molecular flexibility index (Phi) is 4.24. The maximum Gasteiger partial charge on any atom is 0.266 e. The van der Waals surface area contributed by atoms with E-state index >= 15 is 0 Å². The topological polar surface area (TPSA) is 104 Å². The van der Waals surface area contributed by atoms with Gasteiger partial charge in [-0.2, -0.15) is 5.10 Å². The van der Waals surface area contributed by atoms with Crippen molar-refractivity contribution in [3.05, 3.63) is 35.1 Å². The normalized spacial score (nSPS) is 17.5. The Morgan fingerprint density at radius 1 is 1.45 bits per heavy atom. The van der Waals surface area contributed by atoms with E-state index in [1.54, 1.807) is 6.07 Å². The first-order valence-electron chi connectivity index (χ1n) is 7.06. The molecule has 2 aromatic rings. The molecule has 9 nitrogen and oxygen atoms in total. The maximum atomic E-state index is 11.8. The molecule has 9 heteroatoms. The molecule has 0 bridgehead atoms. The van der Waals surface area contributed by atoms with E-state index in [2.05, 4.69) is 20.5 Å². The first-order valence-corrected chi connectivity index (χ1v) is 7.06. The van der Waals surface area contributed by atoms with Crippen LogP contribution >= 0.6 is 0 Å². The van der Waals surface area contributed by atoms with Gasteiger partial charge in [-0.1, -0.05) is 0 Å². The highest BCUT2D eigenvalue weighted by Crippen LogP contribution is 2.11. The molecule has 1 aliphatic heterocycles. The first kappa shape index (κ1) is 14.4. The summed E-state index contributed by atoms with van der Waals surface area (Å²) in [6.45, 7) is 1.21. The van der Waals surface area contributed by atoms with Crippen molar-refractivity contribution < 1.29 is 9.53 Å². The monoisotopic (exact) mass is 304 g/mol. The third-order valence-electron chi connectivity index (χ3n) is 3.35. The second kappa shape index (κ2) is 6.48.